The van der Waals surface area contributed by atoms with Crippen molar-refractivity contribution in [2.24, 2.45) is 0 Å². The van der Waals surface area contributed by atoms with Crippen molar-refractivity contribution in [1.82, 2.24) is 10.3 Å². The minimum atomic E-state index is -3.42. The van der Waals surface area contributed by atoms with Crippen molar-refractivity contribution in [2.45, 2.75) is 31.7 Å². The fourth-order valence-electron chi connectivity index (χ4n) is 3.29. The normalized spacial score (nSPS) is 17.6. The summed E-state index contributed by atoms with van der Waals surface area (Å²) in [6, 6.07) is 6.01. The Morgan fingerprint density at radius 2 is 1.96 bits per heavy atom. The molecule has 0 fully saturated rings. The van der Waals surface area contributed by atoms with Gasteiger partial charge in [-0.05, 0) is 38.0 Å². The second kappa shape index (κ2) is 6.60. The lowest BCUT2D eigenvalue weighted by atomic mass is 10.1. The third kappa shape index (κ3) is 3.01. The average Bonchev–Trinajstić information content (AvgIpc) is 3.02. The first-order valence-corrected chi connectivity index (χ1v) is 9.90. The smallest absolute Gasteiger partial charge is 0.340 e. The summed E-state index contributed by atoms with van der Waals surface area (Å²) in [5, 5.41) is 2.76. The fraction of sp³-hybridized carbons (Fsp3) is 0.333. The van der Waals surface area contributed by atoms with Gasteiger partial charge in [0, 0.05) is 5.69 Å². The Bertz CT molecular complexity index is 991. The summed E-state index contributed by atoms with van der Waals surface area (Å²) < 4.78 is 29.5. The molecule has 0 unspecified atom stereocenters. The van der Waals surface area contributed by atoms with Gasteiger partial charge in [0.2, 0.25) is 0 Å². The lowest BCUT2D eigenvalue weighted by Crippen LogP contribution is -2.30. The van der Waals surface area contributed by atoms with Crippen molar-refractivity contribution in [2.75, 3.05) is 12.4 Å². The van der Waals surface area contributed by atoms with E-state index in [1.807, 2.05) is 0 Å². The topological polar surface area (TPSA) is 105 Å². The van der Waals surface area contributed by atoms with Crippen LogP contribution in [0.1, 0.15) is 50.6 Å². The van der Waals surface area contributed by atoms with E-state index in [4.69, 9.17) is 4.74 Å². The summed E-state index contributed by atoms with van der Waals surface area (Å²) in [6.45, 7) is 5.29. The first-order valence-electron chi connectivity index (χ1n) is 8.25. The van der Waals surface area contributed by atoms with Crippen LogP contribution in [0.5, 0.6) is 0 Å². The maximum Gasteiger partial charge on any atom is 0.340 e. The molecule has 0 aliphatic carbocycles. The largest absolute Gasteiger partial charge is 0.462 e. The number of sulfone groups is 1. The summed E-state index contributed by atoms with van der Waals surface area (Å²) >= 11 is 0. The predicted molar refractivity (Wildman–Crippen MR) is 94.9 cm³/mol. The molecule has 0 radical (unpaired) electrons. The van der Waals surface area contributed by atoms with E-state index in [0.29, 0.717) is 22.4 Å². The zero-order valence-electron chi connectivity index (χ0n) is 14.8. The molecule has 1 aromatic carbocycles. The van der Waals surface area contributed by atoms with Crippen molar-refractivity contribution in [1.29, 1.82) is 0 Å². The van der Waals surface area contributed by atoms with Gasteiger partial charge in [-0.1, -0.05) is 18.2 Å². The molecule has 1 atom stereocenters. The summed E-state index contributed by atoms with van der Waals surface area (Å²) in [4.78, 5) is 27.9. The summed E-state index contributed by atoms with van der Waals surface area (Å²) in [5.74, 6) is -1.13. The Morgan fingerprint density at radius 3 is 2.65 bits per heavy atom. The standard InChI is InChI=1S/C18H20N2O5S/c1-4-25-18(22)15-10(2)16(19-11(15)3)17(21)20-13-9-26(23,24)14-8-6-5-7-12(13)14/h5-8,13,19H,4,9H2,1-3H3,(H,20,21)/t13-/m0/s1. The Hall–Kier alpha value is -2.61. The van der Waals surface area contributed by atoms with E-state index in [9.17, 15) is 18.0 Å². The van der Waals surface area contributed by atoms with Crippen LogP contribution < -0.4 is 5.32 Å². The molecule has 2 aromatic rings. The zero-order valence-corrected chi connectivity index (χ0v) is 15.6. The van der Waals surface area contributed by atoms with E-state index in [-0.39, 0.29) is 22.9 Å². The average molecular weight is 376 g/mol. The zero-order chi connectivity index (χ0) is 19.1. The van der Waals surface area contributed by atoms with Crippen LogP contribution in [0.25, 0.3) is 0 Å². The number of hydrogen-bond donors (Lipinski definition) is 2. The molecule has 2 N–H and O–H groups in total. The lowest BCUT2D eigenvalue weighted by molar-refractivity contribution is 0.0525. The quantitative estimate of drug-likeness (QED) is 0.795. The lowest BCUT2D eigenvalue weighted by Gasteiger charge is -2.12. The molecule has 1 aromatic heterocycles. The van der Waals surface area contributed by atoms with E-state index in [0.717, 1.165) is 0 Å². The third-order valence-electron chi connectivity index (χ3n) is 4.47. The van der Waals surface area contributed by atoms with Crippen LogP contribution in [-0.2, 0) is 14.6 Å². The van der Waals surface area contributed by atoms with Gasteiger partial charge in [0.05, 0.1) is 28.9 Å². The molecule has 3 rings (SSSR count). The van der Waals surface area contributed by atoms with Gasteiger partial charge < -0.3 is 15.0 Å². The highest BCUT2D eigenvalue weighted by molar-refractivity contribution is 7.91. The van der Waals surface area contributed by atoms with Crippen LogP contribution in [0.3, 0.4) is 0 Å². The van der Waals surface area contributed by atoms with Crippen LogP contribution in [0.4, 0.5) is 0 Å². The number of H-pyrrole nitrogens is 1. The minimum absolute atomic E-state index is 0.179. The highest BCUT2D eigenvalue weighted by Crippen LogP contribution is 2.33. The van der Waals surface area contributed by atoms with Crippen LogP contribution in [0.15, 0.2) is 29.2 Å². The van der Waals surface area contributed by atoms with Gasteiger partial charge in [-0.15, -0.1) is 0 Å². The molecule has 0 saturated heterocycles. The number of ether oxygens (including phenoxy) is 1. The molecule has 1 amide bonds. The SMILES string of the molecule is CCOC(=O)c1c(C)[nH]c(C(=O)N[C@H]2CS(=O)(=O)c3ccccc32)c1C. The van der Waals surface area contributed by atoms with Crippen LogP contribution >= 0.6 is 0 Å². The second-order valence-electron chi connectivity index (χ2n) is 6.19. The van der Waals surface area contributed by atoms with Gasteiger partial charge in [0.1, 0.15) is 5.69 Å². The van der Waals surface area contributed by atoms with Crippen LogP contribution in [0, 0.1) is 13.8 Å². The van der Waals surface area contributed by atoms with E-state index < -0.39 is 27.8 Å². The molecule has 0 saturated carbocycles. The van der Waals surface area contributed by atoms with Crippen molar-refractivity contribution in [3.05, 3.63) is 52.3 Å². The first-order chi connectivity index (χ1) is 12.3. The van der Waals surface area contributed by atoms with Gasteiger partial charge in [0.25, 0.3) is 5.91 Å². The monoisotopic (exact) mass is 376 g/mol. The Labute approximate surface area is 151 Å². The highest BCUT2D eigenvalue weighted by atomic mass is 32.2. The number of aryl methyl sites for hydroxylation is 1. The number of fused-ring (bicyclic) bond motifs is 1. The maximum absolute atomic E-state index is 12.7. The third-order valence-corrected chi connectivity index (χ3v) is 6.28. The van der Waals surface area contributed by atoms with Crippen LogP contribution in [0.2, 0.25) is 0 Å². The maximum atomic E-state index is 12.7. The van der Waals surface area contributed by atoms with E-state index in [1.165, 1.54) is 0 Å². The number of carbonyl (C=O) groups is 2. The predicted octanol–water partition coefficient (Wildman–Crippen LogP) is 2.07. The van der Waals surface area contributed by atoms with E-state index in [1.54, 1.807) is 45.0 Å². The van der Waals surface area contributed by atoms with E-state index >= 15 is 0 Å². The number of aromatic nitrogens is 1. The summed E-state index contributed by atoms with van der Waals surface area (Å²) in [7, 11) is -3.42. The number of nitrogens with one attached hydrogen (secondary N) is 2. The number of carbonyl (C=O) groups excluding carboxylic acids is 2. The fourth-order valence-corrected chi connectivity index (χ4v) is 5.02. The Balaban J connectivity index is 1.89. The van der Waals surface area contributed by atoms with Crippen molar-refractivity contribution in [3.63, 3.8) is 0 Å². The molecule has 26 heavy (non-hydrogen) atoms. The number of esters is 1. The van der Waals surface area contributed by atoms with Gasteiger partial charge in [0.15, 0.2) is 9.84 Å². The molecule has 7 nitrogen and oxygen atoms in total. The molecule has 0 spiro atoms. The molecular formula is C18H20N2O5S. The van der Waals surface area contributed by atoms with Gasteiger partial charge in [-0.25, -0.2) is 13.2 Å². The van der Waals surface area contributed by atoms with Gasteiger partial charge in [-0.3, -0.25) is 4.79 Å². The Kier molecular flexibility index (Phi) is 4.62. The van der Waals surface area contributed by atoms with Gasteiger partial charge >= 0.3 is 5.97 Å². The van der Waals surface area contributed by atoms with Crippen LogP contribution in [-0.4, -0.2) is 37.6 Å². The number of rotatable bonds is 4. The number of aromatic amines is 1. The number of amides is 1. The molecule has 0 bridgehead atoms. The first kappa shape index (κ1) is 18.2. The molecule has 1 aliphatic heterocycles. The van der Waals surface area contributed by atoms with Crippen molar-refractivity contribution < 1.29 is 22.7 Å². The van der Waals surface area contributed by atoms with Gasteiger partial charge in [-0.2, -0.15) is 0 Å². The van der Waals surface area contributed by atoms with E-state index in [2.05, 4.69) is 10.3 Å². The number of benzene rings is 1. The van der Waals surface area contributed by atoms with Crippen molar-refractivity contribution in [3.8, 4) is 0 Å². The molecule has 2 heterocycles. The molecule has 8 heteroatoms. The minimum Gasteiger partial charge on any atom is -0.462 e. The second-order valence-corrected chi connectivity index (χ2v) is 8.19. The molecular weight excluding hydrogens is 356 g/mol. The molecule has 138 valence electrons. The highest BCUT2D eigenvalue weighted by Gasteiger charge is 2.36. The summed E-state index contributed by atoms with van der Waals surface area (Å²) in [6.07, 6.45) is 0. The number of hydrogen-bond acceptors (Lipinski definition) is 5. The Morgan fingerprint density at radius 1 is 1.27 bits per heavy atom. The molecule has 1 aliphatic rings. The van der Waals surface area contributed by atoms with Crippen molar-refractivity contribution >= 4 is 21.7 Å². The summed E-state index contributed by atoms with van der Waals surface area (Å²) in [5.41, 5.74) is 2.15.